The van der Waals surface area contributed by atoms with Crippen molar-refractivity contribution in [1.82, 2.24) is 9.97 Å². The van der Waals surface area contributed by atoms with Gasteiger partial charge in [-0.3, -0.25) is 4.98 Å². The Bertz CT molecular complexity index is 448. The molecule has 74 valence electrons. The molecule has 0 amide bonds. The van der Waals surface area contributed by atoms with Crippen molar-refractivity contribution >= 4 is 11.5 Å². The maximum absolute atomic E-state index is 4.34. The fraction of sp³-hybridized carbons (Fsp3) is 0.167. The molecule has 0 spiro atoms. The van der Waals surface area contributed by atoms with Gasteiger partial charge in [0.2, 0.25) is 0 Å². The number of nitrogens with zero attached hydrogens (tertiary/aromatic N) is 2. The van der Waals surface area contributed by atoms with Crippen molar-refractivity contribution in [3.05, 3.63) is 47.9 Å². The smallest absolute Gasteiger partial charge is 0.133 e. The van der Waals surface area contributed by atoms with E-state index in [1.807, 2.05) is 24.7 Å². The van der Waals surface area contributed by atoms with Crippen molar-refractivity contribution in [2.75, 3.05) is 5.32 Å². The maximum Gasteiger partial charge on any atom is 0.133 e. The minimum atomic E-state index is 0.962. The van der Waals surface area contributed by atoms with Crippen LogP contribution in [-0.4, -0.2) is 9.97 Å². The van der Waals surface area contributed by atoms with Gasteiger partial charge in [-0.25, -0.2) is 4.98 Å². The molecule has 1 N–H and O–H groups in total. The highest BCUT2D eigenvalue weighted by molar-refractivity contribution is 5.63. The maximum atomic E-state index is 4.34. The van der Waals surface area contributed by atoms with Gasteiger partial charge in [0.1, 0.15) is 5.82 Å². The van der Waals surface area contributed by atoms with Crippen LogP contribution in [0.3, 0.4) is 0 Å². The molecular formula is C12H11N3. The fourth-order valence-corrected chi connectivity index (χ4v) is 1.90. The standard InChI is InChI=1S/C12H11N3/c1-2-10-4-3-9-5-7-13-8-11(9)15-12(10)14-6-1/h1-2,5-8H,3-4H2,(H,14,15). The molecule has 0 aromatic carbocycles. The molecule has 1 aliphatic heterocycles. The Kier molecular flexibility index (Phi) is 1.88. The largest absolute Gasteiger partial charge is 0.339 e. The third kappa shape index (κ3) is 1.46. The second-order valence-corrected chi connectivity index (χ2v) is 3.67. The highest BCUT2D eigenvalue weighted by Crippen LogP contribution is 2.26. The molecule has 3 heterocycles. The third-order valence-electron chi connectivity index (χ3n) is 2.72. The van der Waals surface area contributed by atoms with Gasteiger partial charge < -0.3 is 5.32 Å². The molecule has 1 aliphatic rings. The van der Waals surface area contributed by atoms with Gasteiger partial charge in [-0.15, -0.1) is 0 Å². The van der Waals surface area contributed by atoms with Gasteiger partial charge >= 0.3 is 0 Å². The monoisotopic (exact) mass is 197 g/mol. The lowest BCUT2D eigenvalue weighted by Gasteiger charge is -2.06. The van der Waals surface area contributed by atoms with Gasteiger partial charge in [0, 0.05) is 12.4 Å². The lowest BCUT2D eigenvalue weighted by molar-refractivity contribution is 0.968. The summed E-state index contributed by atoms with van der Waals surface area (Å²) in [7, 11) is 0. The zero-order valence-corrected chi connectivity index (χ0v) is 8.27. The van der Waals surface area contributed by atoms with Crippen LogP contribution in [-0.2, 0) is 12.8 Å². The Hall–Kier alpha value is -1.90. The Labute approximate surface area is 88.2 Å². The minimum Gasteiger partial charge on any atom is -0.339 e. The summed E-state index contributed by atoms with van der Waals surface area (Å²) in [6.45, 7) is 0. The molecule has 0 aliphatic carbocycles. The molecule has 0 unspecified atom stereocenters. The highest BCUT2D eigenvalue weighted by Gasteiger charge is 2.12. The van der Waals surface area contributed by atoms with Crippen molar-refractivity contribution in [3.63, 3.8) is 0 Å². The molecule has 0 saturated carbocycles. The molecule has 3 heteroatoms. The Morgan fingerprint density at radius 1 is 1.07 bits per heavy atom. The molecule has 3 nitrogen and oxygen atoms in total. The van der Waals surface area contributed by atoms with Gasteiger partial charge in [0.25, 0.3) is 0 Å². The number of rotatable bonds is 0. The van der Waals surface area contributed by atoms with E-state index in [-0.39, 0.29) is 0 Å². The van der Waals surface area contributed by atoms with E-state index in [2.05, 4.69) is 27.4 Å². The van der Waals surface area contributed by atoms with E-state index in [1.165, 1.54) is 11.1 Å². The topological polar surface area (TPSA) is 37.8 Å². The second-order valence-electron chi connectivity index (χ2n) is 3.67. The molecule has 0 saturated heterocycles. The van der Waals surface area contributed by atoms with E-state index in [4.69, 9.17) is 0 Å². The number of aryl methyl sites for hydroxylation is 2. The Morgan fingerprint density at radius 2 is 2.00 bits per heavy atom. The van der Waals surface area contributed by atoms with Gasteiger partial charge in [0.15, 0.2) is 0 Å². The second kappa shape index (κ2) is 3.35. The summed E-state index contributed by atoms with van der Waals surface area (Å²) >= 11 is 0. The molecule has 2 aromatic heterocycles. The van der Waals surface area contributed by atoms with Crippen molar-refractivity contribution < 1.29 is 0 Å². The molecule has 3 rings (SSSR count). The van der Waals surface area contributed by atoms with Gasteiger partial charge in [-0.2, -0.15) is 0 Å². The van der Waals surface area contributed by atoms with Crippen LogP contribution in [0.4, 0.5) is 11.5 Å². The number of hydrogen-bond acceptors (Lipinski definition) is 3. The normalized spacial score (nSPS) is 13.3. The quantitative estimate of drug-likeness (QED) is 0.704. The van der Waals surface area contributed by atoms with E-state index in [0.29, 0.717) is 0 Å². The van der Waals surface area contributed by atoms with Crippen molar-refractivity contribution in [1.29, 1.82) is 0 Å². The lowest BCUT2D eigenvalue weighted by atomic mass is 10.1. The van der Waals surface area contributed by atoms with E-state index < -0.39 is 0 Å². The number of hydrogen-bond donors (Lipinski definition) is 1. The van der Waals surface area contributed by atoms with Crippen LogP contribution in [0.25, 0.3) is 0 Å². The summed E-state index contributed by atoms with van der Waals surface area (Å²) < 4.78 is 0. The Morgan fingerprint density at radius 3 is 3.00 bits per heavy atom. The lowest BCUT2D eigenvalue weighted by Crippen LogP contribution is -1.96. The van der Waals surface area contributed by atoms with Crippen molar-refractivity contribution in [3.8, 4) is 0 Å². The summed E-state index contributed by atoms with van der Waals surface area (Å²) in [6, 6.07) is 6.16. The van der Waals surface area contributed by atoms with Crippen molar-refractivity contribution in [2.24, 2.45) is 0 Å². The summed E-state index contributed by atoms with van der Waals surface area (Å²) in [5, 5.41) is 3.33. The number of anilines is 2. The van der Waals surface area contributed by atoms with E-state index in [0.717, 1.165) is 24.3 Å². The van der Waals surface area contributed by atoms with E-state index in [1.54, 1.807) is 0 Å². The first-order chi connectivity index (χ1) is 7.43. The minimum absolute atomic E-state index is 0.962. The van der Waals surface area contributed by atoms with E-state index >= 15 is 0 Å². The zero-order chi connectivity index (χ0) is 10.1. The van der Waals surface area contributed by atoms with Crippen LogP contribution < -0.4 is 5.32 Å². The molecule has 2 aromatic rings. The summed E-state index contributed by atoms with van der Waals surface area (Å²) in [4.78, 5) is 8.46. The number of fused-ring (bicyclic) bond motifs is 2. The molecule has 15 heavy (non-hydrogen) atoms. The van der Waals surface area contributed by atoms with Crippen LogP contribution in [0.1, 0.15) is 11.1 Å². The molecule has 0 bridgehead atoms. The average Bonchev–Trinajstić information content (AvgIpc) is 2.48. The Balaban J connectivity index is 2.10. The number of pyridine rings is 2. The van der Waals surface area contributed by atoms with E-state index in [9.17, 15) is 0 Å². The van der Waals surface area contributed by atoms with Crippen LogP contribution in [0.5, 0.6) is 0 Å². The average molecular weight is 197 g/mol. The first-order valence-corrected chi connectivity index (χ1v) is 5.07. The molecule has 0 radical (unpaired) electrons. The summed E-state index contributed by atoms with van der Waals surface area (Å²) in [5.41, 5.74) is 3.66. The van der Waals surface area contributed by atoms with Crippen LogP contribution in [0, 0.1) is 0 Å². The van der Waals surface area contributed by atoms with Gasteiger partial charge in [-0.1, -0.05) is 6.07 Å². The number of nitrogens with one attached hydrogen (secondary N) is 1. The van der Waals surface area contributed by atoms with Crippen LogP contribution in [0.2, 0.25) is 0 Å². The molecule has 0 atom stereocenters. The van der Waals surface area contributed by atoms with Gasteiger partial charge in [-0.05, 0) is 36.1 Å². The summed E-state index contributed by atoms with van der Waals surface area (Å²) in [5.74, 6) is 0.962. The fourth-order valence-electron chi connectivity index (χ4n) is 1.90. The van der Waals surface area contributed by atoms with Crippen molar-refractivity contribution in [2.45, 2.75) is 12.8 Å². The first kappa shape index (κ1) is 8.41. The van der Waals surface area contributed by atoms with Gasteiger partial charge in [0.05, 0.1) is 11.9 Å². The summed E-state index contributed by atoms with van der Waals surface area (Å²) in [6.07, 6.45) is 7.59. The SMILES string of the molecule is c1cnc2c(c1)CCc1ccncc1N2. The predicted molar refractivity (Wildman–Crippen MR) is 59.2 cm³/mol. The predicted octanol–water partition coefficient (Wildman–Crippen LogP) is 2.32. The zero-order valence-electron chi connectivity index (χ0n) is 8.27. The first-order valence-electron chi connectivity index (χ1n) is 5.07. The number of aromatic nitrogens is 2. The van der Waals surface area contributed by atoms with Crippen LogP contribution >= 0.6 is 0 Å². The van der Waals surface area contributed by atoms with Crippen LogP contribution in [0.15, 0.2) is 36.8 Å². The third-order valence-corrected chi connectivity index (χ3v) is 2.72. The highest BCUT2D eigenvalue weighted by atomic mass is 15.0. The molecular weight excluding hydrogens is 186 g/mol. The molecule has 0 fully saturated rings.